The van der Waals surface area contributed by atoms with Gasteiger partial charge in [0.2, 0.25) is 0 Å². The van der Waals surface area contributed by atoms with Crippen LogP contribution in [0.2, 0.25) is 0 Å². The first-order valence-corrected chi connectivity index (χ1v) is 10.5. The van der Waals surface area contributed by atoms with Crippen molar-refractivity contribution in [1.29, 1.82) is 0 Å². The highest BCUT2D eigenvalue weighted by molar-refractivity contribution is 5.74. The predicted octanol–water partition coefficient (Wildman–Crippen LogP) is 0.812. The Hall–Kier alpha value is -2.78. The van der Waals surface area contributed by atoms with E-state index in [2.05, 4.69) is 20.3 Å². The van der Waals surface area contributed by atoms with Gasteiger partial charge in [-0.1, -0.05) is 0 Å². The summed E-state index contributed by atoms with van der Waals surface area (Å²) in [5, 5.41) is 7.61. The van der Waals surface area contributed by atoms with Crippen molar-refractivity contribution < 1.29 is 9.53 Å². The van der Waals surface area contributed by atoms with Crippen LogP contribution in [0, 0.1) is 0 Å². The molecule has 0 radical (unpaired) electrons. The quantitative estimate of drug-likeness (QED) is 0.781. The maximum atomic E-state index is 12.5. The van der Waals surface area contributed by atoms with Gasteiger partial charge < -0.3 is 15.0 Å². The minimum Gasteiger partial charge on any atom is -0.381 e. The summed E-state index contributed by atoms with van der Waals surface area (Å²) >= 11 is 0. The number of carbonyl (C=O) groups is 1. The van der Waals surface area contributed by atoms with Gasteiger partial charge in [-0.25, -0.2) is 9.48 Å². The minimum absolute atomic E-state index is 0.0172. The number of pyridine rings is 1. The molecule has 0 aromatic carbocycles. The average Bonchev–Trinajstić information content (AvgIpc) is 2.80. The van der Waals surface area contributed by atoms with Gasteiger partial charge in [0, 0.05) is 76.0 Å². The lowest BCUT2D eigenvalue weighted by Crippen LogP contribution is -2.54. The van der Waals surface area contributed by atoms with Crippen molar-refractivity contribution >= 4 is 6.03 Å². The van der Waals surface area contributed by atoms with E-state index >= 15 is 0 Å². The maximum Gasteiger partial charge on any atom is 0.317 e. The Bertz CT molecular complexity index is 889. The Balaban J connectivity index is 1.26. The van der Waals surface area contributed by atoms with Gasteiger partial charge in [-0.15, -0.1) is 0 Å². The van der Waals surface area contributed by atoms with Crippen LogP contribution in [0.5, 0.6) is 0 Å². The van der Waals surface area contributed by atoms with Crippen LogP contribution in [0.15, 0.2) is 41.5 Å². The van der Waals surface area contributed by atoms with Crippen LogP contribution in [0.3, 0.4) is 0 Å². The van der Waals surface area contributed by atoms with Crippen LogP contribution in [-0.2, 0) is 11.3 Å². The lowest BCUT2D eigenvalue weighted by atomic mass is 10.1. The molecule has 1 N–H and O–H groups in total. The third-order valence-electron chi connectivity index (χ3n) is 5.66. The molecule has 0 unspecified atom stereocenters. The van der Waals surface area contributed by atoms with E-state index < -0.39 is 0 Å². The number of piperazine rings is 1. The molecule has 0 atom stereocenters. The summed E-state index contributed by atoms with van der Waals surface area (Å²) in [4.78, 5) is 32.9. The van der Waals surface area contributed by atoms with Crippen molar-refractivity contribution in [2.45, 2.75) is 25.4 Å². The van der Waals surface area contributed by atoms with Crippen LogP contribution in [0.25, 0.3) is 11.3 Å². The molecule has 2 amide bonds. The lowest BCUT2D eigenvalue weighted by molar-refractivity contribution is 0.0759. The molecule has 160 valence electrons. The number of hydrogen-bond donors (Lipinski definition) is 1. The molecule has 30 heavy (non-hydrogen) atoms. The lowest BCUT2D eigenvalue weighted by Gasteiger charge is -2.36. The Labute approximate surface area is 175 Å². The first-order chi connectivity index (χ1) is 14.7. The second kappa shape index (κ2) is 9.82. The number of rotatable bonds is 5. The molecule has 2 saturated heterocycles. The molecule has 2 aliphatic heterocycles. The Kier molecular flexibility index (Phi) is 6.70. The number of urea groups is 1. The number of nitrogens with zero attached hydrogens (tertiary/aromatic N) is 5. The van der Waals surface area contributed by atoms with Gasteiger partial charge >= 0.3 is 6.03 Å². The zero-order chi connectivity index (χ0) is 20.8. The molecule has 4 rings (SSSR count). The van der Waals surface area contributed by atoms with E-state index in [0.29, 0.717) is 32.8 Å². The number of amides is 2. The Morgan fingerprint density at radius 3 is 2.63 bits per heavy atom. The first kappa shape index (κ1) is 20.5. The van der Waals surface area contributed by atoms with Gasteiger partial charge in [0.05, 0.1) is 12.2 Å². The maximum absolute atomic E-state index is 12.5. The standard InChI is InChI=1S/C21H28N6O3/c28-20-4-3-19(17-2-1-7-22-16-17)24-27(20)13-10-25-8-11-26(12-9-25)21(29)23-18-5-14-30-15-6-18/h1-4,7,16,18H,5-6,8-15H2,(H,23,29). The van der Waals surface area contributed by atoms with Gasteiger partial charge in [-0.2, -0.15) is 5.10 Å². The fourth-order valence-electron chi connectivity index (χ4n) is 3.80. The zero-order valence-electron chi connectivity index (χ0n) is 17.1. The molecule has 9 nitrogen and oxygen atoms in total. The minimum atomic E-state index is -0.114. The SMILES string of the molecule is O=C(NC1CCOCC1)N1CCN(CCn2nc(-c3cccnc3)ccc2=O)CC1. The molecule has 0 saturated carbocycles. The van der Waals surface area contributed by atoms with Crippen molar-refractivity contribution in [3.63, 3.8) is 0 Å². The number of nitrogens with one attached hydrogen (secondary N) is 1. The van der Waals surface area contributed by atoms with Crippen molar-refractivity contribution in [3.8, 4) is 11.3 Å². The topological polar surface area (TPSA) is 92.6 Å². The van der Waals surface area contributed by atoms with E-state index in [1.54, 1.807) is 24.5 Å². The Morgan fingerprint density at radius 2 is 1.90 bits per heavy atom. The largest absolute Gasteiger partial charge is 0.381 e. The molecule has 2 fully saturated rings. The number of aromatic nitrogens is 3. The highest BCUT2D eigenvalue weighted by Crippen LogP contribution is 2.13. The summed E-state index contributed by atoms with van der Waals surface area (Å²) in [5.74, 6) is 0. The zero-order valence-corrected chi connectivity index (χ0v) is 17.1. The summed E-state index contributed by atoms with van der Waals surface area (Å²) in [6, 6.07) is 7.29. The molecular weight excluding hydrogens is 384 g/mol. The normalized spacial score (nSPS) is 18.3. The average molecular weight is 412 g/mol. The van der Waals surface area contributed by atoms with Gasteiger partial charge in [-0.3, -0.25) is 14.7 Å². The monoisotopic (exact) mass is 412 g/mol. The van der Waals surface area contributed by atoms with Crippen molar-refractivity contribution in [3.05, 3.63) is 47.0 Å². The third kappa shape index (κ3) is 5.22. The van der Waals surface area contributed by atoms with E-state index in [1.807, 2.05) is 17.0 Å². The number of hydrogen-bond acceptors (Lipinski definition) is 6. The molecule has 2 aliphatic rings. The summed E-state index contributed by atoms with van der Waals surface area (Å²) in [6.45, 7) is 5.62. The van der Waals surface area contributed by atoms with Crippen LogP contribution < -0.4 is 10.9 Å². The molecule has 4 heterocycles. The molecule has 0 aliphatic carbocycles. The third-order valence-corrected chi connectivity index (χ3v) is 5.66. The Morgan fingerprint density at radius 1 is 1.10 bits per heavy atom. The van der Waals surface area contributed by atoms with Crippen molar-refractivity contribution in [2.75, 3.05) is 45.9 Å². The fourth-order valence-corrected chi connectivity index (χ4v) is 3.80. The molecule has 2 aromatic rings. The van der Waals surface area contributed by atoms with Gasteiger partial charge in [-0.05, 0) is 31.0 Å². The van der Waals surface area contributed by atoms with Crippen molar-refractivity contribution in [1.82, 2.24) is 29.9 Å². The highest BCUT2D eigenvalue weighted by Gasteiger charge is 2.24. The van der Waals surface area contributed by atoms with E-state index in [9.17, 15) is 9.59 Å². The van der Waals surface area contributed by atoms with Crippen LogP contribution in [-0.4, -0.2) is 82.6 Å². The van der Waals surface area contributed by atoms with Gasteiger partial charge in [0.15, 0.2) is 0 Å². The molecule has 0 bridgehead atoms. The fraction of sp³-hybridized carbons (Fsp3) is 0.524. The van der Waals surface area contributed by atoms with Crippen LogP contribution >= 0.6 is 0 Å². The molecule has 2 aromatic heterocycles. The number of ether oxygens (including phenoxy) is 1. The second-order valence-electron chi connectivity index (χ2n) is 7.69. The summed E-state index contributed by atoms with van der Waals surface area (Å²) < 4.78 is 6.85. The van der Waals surface area contributed by atoms with Crippen LogP contribution in [0.1, 0.15) is 12.8 Å². The van der Waals surface area contributed by atoms with Gasteiger partial charge in [0.1, 0.15) is 0 Å². The van der Waals surface area contributed by atoms with E-state index in [0.717, 1.165) is 43.7 Å². The van der Waals surface area contributed by atoms with Crippen LogP contribution in [0.4, 0.5) is 4.79 Å². The van der Waals surface area contributed by atoms with Crippen molar-refractivity contribution in [2.24, 2.45) is 0 Å². The number of carbonyl (C=O) groups excluding carboxylic acids is 1. The summed E-state index contributed by atoms with van der Waals surface area (Å²) in [6.07, 6.45) is 5.21. The van der Waals surface area contributed by atoms with E-state index in [1.165, 1.54) is 4.68 Å². The second-order valence-corrected chi connectivity index (χ2v) is 7.69. The first-order valence-electron chi connectivity index (χ1n) is 10.5. The van der Waals surface area contributed by atoms with Gasteiger partial charge in [0.25, 0.3) is 5.56 Å². The van der Waals surface area contributed by atoms with E-state index in [4.69, 9.17) is 4.74 Å². The molecular formula is C21H28N6O3. The molecule has 0 spiro atoms. The molecule has 9 heteroatoms. The summed E-state index contributed by atoms with van der Waals surface area (Å²) in [7, 11) is 0. The smallest absolute Gasteiger partial charge is 0.317 e. The van der Waals surface area contributed by atoms with E-state index in [-0.39, 0.29) is 17.6 Å². The summed E-state index contributed by atoms with van der Waals surface area (Å²) in [5.41, 5.74) is 1.50. The highest BCUT2D eigenvalue weighted by atomic mass is 16.5. The predicted molar refractivity (Wildman–Crippen MR) is 112 cm³/mol.